The molecule has 2 aromatic heterocycles. The molecule has 1 aromatic carbocycles. The fourth-order valence-electron chi connectivity index (χ4n) is 1.70. The summed E-state index contributed by atoms with van der Waals surface area (Å²) in [5, 5.41) is 0.879. The summed E-state index contributed by atoms with van der Waals surface area (Å²) >= 11 is 3.21. The molecule has 19 heavy (non-hydrogen) atoms. The van der Waals surface area contributed by atoms with Gasteiger partial charge in [-0.1, -0.05) is 12.1 Å². The number of rotatable bonds is 2. The zero-order valence-corrected chi connectivity index (χ0v) is 12.2. The lowest BCUT2D eigenvalue weighted by Gasteiger charge is -2.05. The molecule has 0 aliphatic carbocycles. The van der Waals surface area contributed by atoms with E-state index >= 15 is 0 Å². The second kappa shape index (κ2) is 4.79. The molecule has 0 amide bonds. The monoisotopic (exact) mass is 288 g/mol. The molecule has 0 aliphatic rings. The van der Waals surface area contributed by atoms with Crippen molar-refractivity contribution in [3.05, 3.63) is 35.7 Å². The molecule has 4 nitrogen and oxygen atoms in total. The van der Waals surface area contributed by atoms with Gasteiger partial charge >= 0.3 is 0 Å². The normalized spacial score (nSPS) is 11.1. The average molecular weight is 288 g/mol. The lowest BCUT2D eigenvalue weighted by Crippen LogP contribution is -2.01. The summed E-state index contributed by atoms with van der Waals surface area (Å²) in [6, 6.07) is 8.10. The maximum absolute atomic E-state index is 5.87. The van der Waals surface area contributed by atoms with E-state index in [4.69, 9.17) is 5.73 Å². The number of hydrogen-bond acceptors (Lipinski definition) is 6. The highest BCUT2D eigenvalue weighted by Gasteiger charge is 2.11. The third-order valence-corrected chi connectivity index (χ3v) is 4.90. The minimum Gasteiger partial charge on any atom is -0.383 e. The number of thiazole rings is 1. The van der Waals surface area contributed by atoms with E-state index in [2.05, 4.69) is 21.0 Å². The Morgan fingerprint density at radius 2 is 1.89 bits per heavy atom. The van der Waals surface area contributed by atoms with Gasteiger partial charge in [0.15, 0.2) is 4.34 Å². The van der Waals surface area contributed by atoms with E-state index in [1.807, 2.05) is 32.0 Å². The SMILES string of the molecule is Cc1nc(N)c(C)c(Sc2nc3ccccc3s2)n1. The van der Waals surface area contributed by atoms with Gasteiger partial charge in [-0.15, -0.1) is 11.3 Å². The van der Waals surface area contributed by atoms with Crippen LogP contribution in [0.5, 0.6) is 0 Å². The average Bonchev–Trinajstić information content (AvgIpc) is 2.77. The van der Waals surface area contributed by atoms with E-state index in [1.54, 1.807) is 23.1 Å². The molecule has 6 heteroatoms. The number of nitrogens with zero attached hydrogens (tertiary/aromatic N) is 3. The molecule has 96 valence electrons. The molecule has 0 saturated carbocycles. The zero-order valence-electron chi connectivity index (χ0n) is 10.5. The van der Waals surface area contributed by atoms with Crippen LogP contribution in [0.25, 0.3) is 10.2 Å². The Kier molecular flexibility index (Phi) is 3.12. The summed E-state index contributed by atoms with van der Waals surface area (Å²) in [6.45, 7) is 3.78. The van der Waals surface area contributed by atoms with Gasteiger partial charge in [-0.25, -0.2) is 15.0 Å². The second-order valence-electron chi connectivity index (χ2n) is 4.14. The molecule has 3 rings (SSSR count). The number of nitrogen functional groups attached to an aromatic ring is 1. The number of nitrogens with two attached hydrogens (primary N) is 1. The molecule has 0 fully saturated rings. The Balaban J connectivity index is 2.01. The van der Waals surface area contributed by atoms with Gasteiger partial charge in [0, 0.05) is 5.56 Å². The van der Waals surface area contributed by atoms with E-state index in [0.29, 0.717) is 11.6 Å². The van der Waals surface area contributed by atoms with Gasteiger partial charge in [-0.05, 0) is 37.7 Å². The van der Waals surface area contributed by atoms with Gasteiger partial charge in [0.1, 0.15) is 16.7 Å². The van der Waals surface area contributed by atoms with Crippen molar-refractivity contribution in [2.45, 2.75) is 23.2 Å². The minimum atomic E-state index is 0.538. The van der Waals surface area contributed by atoms with E-state index in [0.717, 1.165) is 20.4 Å². The summed E-state index contributed by atoms with van der Waals surface area (Å²) in [5.74, 6) is 1.22. The van der Waals surface area contributed by atoms with Crippen molar-refractivity contribution in [2.24, 2.45) is 0 Å². The number of benzene rings is 1. The first-order chi connectivity index (χ1) is 9.13. The summed E-state index contributed by atoms with van der Waals surface area (Å²) in [6.07, 6.45) is 0. The molecular formula is C13H12N4S2. The van der Waals surface area contributed by atoms with Gasteiger partial charge in [0.2, 0.25) is 0 Å². The van der Waals surface area contributed by atoms with E-state index < -0.39 is 0 Å². The van der Waals surface area contributed by atoms with Crippen molar-refractivity contribution in [2.75, 3.05) is 5.73 Å². The number of anilines is 1. The van der Waals surface area contributed by atoms with Crippen LogP contribution in [0.3, 0.4) is 0 Å². The Bertz CT molecular complexity index is 718. The van der Waals surface area contributed by atoms with E-state index in [1.165, 1.54) is 4.70 Å². The van der Waals surface area contributed by atoms with Crippen LogP contribution in [0.2, 0.25) is 0 Å². The van der Waals surface area contributed by atoms with Crippen LogP contribution >= 0.6 is 23.1 Å². The molecular weight excluding hydrogens is 276 g/mol. The second-order valence-corrected chi connectivity index (χ2v) is 6.40. The van der Waals surface area contributed by atoms with Gasteiger partial charge < -0.3 is 5.73 Å². The molecule has 0 atom stereocenters. The highest BCUT2D eigenvalue weighted by molar-refractivity contribution is 8.01. The smallest absolute Gasteiger partial charge is 0.157 e. The topological polar surface area (TPSA) is 64.7 Å². The van der Waals surface area contributed by atoms with Crippen LogP contribution in [0.4, 0.5) is 5.82 Å². The molecule has 0 unspecified atom stereocenters. The molecule has 3 aromatic rings. The lowest BCUT2D eigenvalue weighted by atomic mass is 10.3. The number of hydrogen-bond donors (Lipinski definition) is 1. The predicted octanol–water partition coefficient (Wildman–Crippen LogP) is 3.44. The Labute approximate surface area is 119 Å². The standard InChI is InChI=1S/C13H12N4S2/c1-7-11(14)15-8(2)16-12(7)19-13-17-9-5-3-4-6-10(9)18-13/h3-6H,1-2H3,(H2,14,15,16). The first-order valence-corrected chi connectivity index (χ1v) is 7.41. The molecule has 2 heterocycles. The number of aromatic nitrogens is 3. The molecule has 0 radical (unpaired) electrons. The summed E-state index contributed by atoms with van der Waals surface area (Å²) < 4.78 is 2.16. The summed E-state index contributed by atoms with van der Waals surface area (Å²) in [5.41, 5.74) is 7.80. The maximum atomic E-state index is 5.87. The van der Waals surface area contributed by atoms with E-state index in [-0.39, 0.29) is 0 Å². The number of fused-ring (bicyclic) bond motifs is 1. The van der Waals surface area contributed by atoms with Gasteiger partial charge in [-0.2, -0.15) is 0 Å². The van der Waals surface area contributed by atoms with Crippen LogP contribution < -0.4 is 5.73 Å². The third kappa shape index (κ3) is 2.41. The van der Waals surface area contributed by atoms with Crippen molar-refractivity contribution in [3.8, 4) is 0 Å². The van der Waals surface area contributed by atoms with Crippen molar-refractivity contribution >= 4 is 39.1 Å². The van der Waals surface area contributed by atoms with Gasteiger partial charge in [-0.3, -0.25) is 0 Å². The van der Waals surface area contributed by atoms with E-state index in [9.17, 15) is 0 Å². The lowest BCUT2D eigenvalue weighted by molar-refractivity contribution is 0.946. The third-order valence-electron chi connectivity index (χ3n) is 2.71. The number of para-hydroxylation sites is 1. The summed E-state index contributed by atoms with van der Waals surface area (Å²) in [7, 11) is 0. The molecule has 0 saturated heterocycles. The zero-order chi connectivity index (χ0) is 13.4. The first kappa shape index (κ1) is 12.4. The first-order valence-electron chi connectivity index (χ1n) is 5.77. The Morgan fingerprint density at radius 3 is 2.68 bits per heavy atom. The molecule has 0 aliphatic heterocycles. The summed E-state index contributed by atoms with van der Waals surface area (Å²) in [4.78, 5) is 13.2. The van der Waals surface area contributed by atoms with Gasteiger partial charge in [0.25, 0.3) is 0 Å². The molecule has 0 bridgehead atoms. The minimum absolute atomic E-state index is 0.538. The van der Waals surface area contributed by atoms with Crippen LogP contribution in [0, 0.1) is 13.8 Å². The van der Waals surface area contributed by atoms with Crippen LogP contribution in [-0.4, -0.2) is 15.0 Å². The Morgan fingerprint density at radius 1 is 1.11 bits per heavy atom. The van der Waals surface area contributed by atoms with Crippen molar-refractivity contribution < 1.29 is 0 Å². The van der Waals surface area contributed by atoms with Gasteiger partial charge in [0.05, 0.1) is 10.2 Å². The fraction of sp³-hybridized carbons (Fsp3) is 0.154. The van der Waals surface area contributed by atoms with Crippen molar-refractivity contribution in [1.82, 2.24) is 15.0 Å². The fourth-order valence-corrected chi connectivity index (χ4v) is 3.81. The predicted molar refractivity (Wildman–Crippen MR) is 79.7 cm³/mol. The highest BCUT2D eigenvalue weighted by Crippen LogP contribution is 2.35. The van der Waals surface area contributed by atoms with Crippen LogP contribution in [0.15, 0.2) is 33.6 Å². The van der Waals surface area contributed by atoms with Crippen molar-refractivity contribution in [3.63, 3.8) is 0 Å². The Hall–Kier alpha value is -1.66. The number of aryl methyl sites for hydroxylation is 1. The highest BCUT2D eigenvalue weighted by atomic mass is 32.2. The maximum Gasteiger partial charge on any atom is 0.157 e. The molecule has 0 spiro atoms. The van der Waals surface area contributed by atoms with Crippen molar-refractivity contribution in [1.29, 1.82) is 0 Å². The largest absolute Gasteiger partial charge is 0.383 e. The van der Waals surface area contributed by atoms with Crippen LogP contribution in [0.1, 0.15) is 11.4 Å². The van der Waals surface area contributed by atoms with Crippen LogP contribution in [-0.2, 0) is 0 Å². The molecule has 2 N–H and O–H groups in total. The quantitative estimate of drug-likeness (QED) is 0.732.